The van der Waals surface area contributed by atoms with E-state index in [-0.39, 0.29) is 18.1 Å². The van der Waals surface area contributed by atoms with E-state index in [1.165, 1.54) is 32.1 Å². The summed E-state index contributed by atoms with van der Waals surface area (Å²) in [6.07, 6.45) is 8.64. The lowest BCUT2D eigenvalue weighted by molar-refractivity contribution is -0.141. The van der Waals surface area contributed by atoms with Crippen LogP contribution < -0.4 is 0 Å². The molecule has 2 atom stereocenters. The minimum atomic E-state index is -0.699. The van der Waals surface area contributed by atoms with Crippen LogP contribution in [0, 0.1) is 0 Å². The molecule has 1 N–H and O–H groups in total. The monoisotopic (exact) mass is 283 g/mol. The third kappa shape index (κ3) is 3.73. The zero-order valence-electron chi connectivity index (χ0n) is 12.9. The summed E-state index contributed by atoms with van der Waals surface area (Å²) in [5, 5.41) is 9.02. The fraction of sp³-hybridized carbons (Fsp3) is 0.938. The predicted octanol–water partition coefficient (Wildman–Crippen LogP) is 3.05. The average molecular weight is 283 g/mol. The van der Waals surface area contributed by atoms with E-state index in [4.69, 9.17) is 9.84 Å². The Kier molecular flexibility index (Phi) is 5.44. The number of nitrogens with zero attached hydrogens (tertiary/aromatic N) is 1. The smallest absolute Gasteiger partial charge is 0.304 e. The van der Waals surface area contributed by atoms with Crippen LogP contribution in [0.25, 0.3) is 0 Å². The molecule has 116 valence electrons. The van der Waals surface area contributed by atoms with E-state index >= 15 is 0 Å². The van der Waals surface area contributed by atoms with Crippen molar-refractivity contribution in [3.63, 3.8) is 0 Å². The molecule has 1 heterocycles. The highest BCUT2D eigenvalue weighted by molar-refractivity contribution is 5.67. The highest BCUT2D eigenvalue weighted by Gasteiger charge is 2.40. The Balaban J connectivity index is 2.00. The Morgan fingerprint density at radius 1 is 1.40 bits per heavy atom. The van der Waals surface area contributed by atoms with E-state index in [1.54, 1.807) is 0 Å². The first-order chi connectivity index (χ1) is 9.56. The van der Waals surface area contributed by atoms with Crippen LogP contribution in [0.5, 0.6) is 0 Å². The Morgan fingerprint density at radius 3 is 2.70 bits per heavy atom. The molecule has 0 aromatic carbocycles. The van der Waals surface area contributed by atoms with Crippen LogP contribution in [-0.2, 0) is 9.53 Å². The van der Waals surface area contributed by atoms with Crippen LogP contribution in [0.15, 0.2) is 0 Å². The summed E-state index contributed by atoms with van der Waals surface area (Å²) in [6.45, 7) is 5.94. The maximum absolute atomic E-state index is 11.0. The lowest BCUT2D eigenvalue weighted by Crippen LogP contribution is -2.52. The van der Waals surface area contributed by atoms with E-state index in [0.29, 0.717) is 6.04 Å². The first kappa shape index (κ1) is 15.8. The van der Waals surface area contributed by atoms with Crippen molar-refractivity contribution in [2.75, 3.05) is 13.2 Å². The van der Waals surface area contributed by atoms with E-state index < -0.39 is 5.97 Å². The number of hydrogen-bond donors (Lipinski definition) is 1. The summed E-state index contributed by atoms with van der Waals surface area (Å²) in [5.74, 6) is -0.699. The van der Waals surface area contributed by atoms with Gasteiger partial charge in [-0.1, -0.05) is 26.2 Å². The van der Waals surface area contributed by atoms with Crippen LogP contribution >= 0.6 is 0 Å². The number of carboxylic acids is 1. The SMILES string of the molecule is CCN(C(C)CC(=O)O)C1CCOC2(CCCCC2)C1. The van der Waals surface area contributed by atoms with Gasteiger partial charge in [0.15, 0.2) is 0 Å². The average Bonchev–Trinajstić information content (AvgIpc) is 2.39. The Bertz CT molecular complexity index is 320. The van der Waals surface area contributed by atoms with Gasteiger partial charge in [0.05, 0.1) is 12.0 Å². The number of hydrogen-bond acceptors (Lipinski definition) is 3. The molecule has 0 bridgehead atoms. The zero-order chi connectivity index (χ0) is 14.6. The minimum Gasteiger partial charge on any atom is -0.481 e. The Morgan fingerprint density at radius 2 is 2.10 bits per heavy atom. The minimum absolute atomic E-state index is 0.0948. The van der Waals surface area contributed by atoms with Crippen molar-refractivity contribution in [2.24, 2.45) is 0 Å². The van der Waals surface area contributed by atoms with Crippen molar-refractivity contribution in [2.45, 2.75) is 82.9 Å². The topological polar surface area (TPSA) is 49.8 Å². The molecule has 2 aliphatic rings. The standard InChI is InChI=1S/C16H29NO3/c1-3-17(13(2)11-15(18)19)14-7-10-20-16(12-14)8-5-4-6-9-16/h13-14H,3-12H2,1-2H3,(H,18,19). The predicted molar refractivity (Wildman–Crippen MR) is 78.9 cm³/mol. The van der Waals surface area contributed by atoms with E-state index in [0.717, 1.165) is 26.0 Å². The molecular weight excluding hydrogens is 254 g/mol. The second-order valence-corrected chi connectivity index (χ2v) is 6.52. The van der Waals surface area contributed by atoms with Gasteiger partial charge in [-0.05, 0) is 39.2 Å². The summed E-state index contributed by atoms with van der Waals surface area (Å²) >= 11 is 0. The molecule has 2 unspecified atom stereocenters. The number of carboxylic acid groups (broad SMARTS) is 1. The highest BCUT2D eigenvalue weighted by atomic mass is 16.5. The molecule has 20 heavy (non-hydrogen) atoms. The molecule has 1 saturated carbocycles. The number of ether oxygens (including phenoxy) is 1. The summed E-state index contributed by atoms with van der Waals surface area (Å²) < 4.78 is 6.15. The van der Waals surface area contributed by atoms with Crippen molar-refractivity contribution in [1.82, 2.24) is 4.90 Å². The van der Waals surface area contributed by atoms with Crippen LogP contribution in [0.4, 0.5) is 0 Å². The highest BCUT2D eigenvalue weighted by Crippen LogP contribution is 2.40. The second-order valence-electron chi connectivity index (χ2n) is 6.52. The summed E-state index contributed by atoms with van der Waals surface area (Å²) in [6, 6.07) is 0.599. The molecule has 0 radical (unpaired) electrons. The fourth-order valence-electron chi connectivity index (χ4n) is 4.13. The Labute approximate surface area is 122 Å². The van der Waals surface area contributed by atoms with Gasteiger partial charge in [-0.2, -0.15) is 0 Å². The number of rotatable bonds is 5. The first-order valence-corrected chi connectivity index (χ1v) is 8.18. The lowest BCUT2D eigenvalue weighted by atomic mass is 9.77. The van der Waals surface area contributed by atoms with Crippen LogP contribution in [0.2, 0.25) is 0 Å². The van der Waals surface area contributed by atoms with E-state index in [2.05, 4.69) is 11.8 Å². The van der Waals surface area contributed by atoms with Gasteiger partial charge in [-0.15, -0.1) is 0 Å². The maximum atomic E-state index is 11.0. The van der Waals surface area contributed by atoms with Crippen LogP contribution in [0.1, 0.15) is 65.2 Å². The fourth-order valence-corrected chi connectivity index (χ4v) is 4.13. The molecule has 0 aromatic heterocycles. The molecule has 1 spiro atoms. The first-order valence-electron chi connectivity index (χ1n) is 8.18. The second kappa shape index (κ2) is 6.90. The van der Waals surface area contributed by atoms with Crippen molar-refractivity contribution >= 4 is 5.97 Å². The van der Waals surface area contributed by atoms with Gasteiger partial charge in [-0.25, -0.2) is 0 Å². The van der Waals surface area contributed by atoms with Crippen molar-refractivity contribution in [3.8, 4) is 0 Å². The van der Waals surface area contributed by atoms with Crippen molar-refractivity contribution < 1.29 is 14.6 Å². The molecule has 2 rings (SSSR count). The normalized spacial score (nSPS) is 27.6. The molecule has 0 aromatic rings. The van der Waals surface area contributed by atoms with Gasteiger partial charge in [0.1, 0.15) is 0 Å². The quantitative estimate of drug-likeness (QED) is 0.842. The zero-order valence-corrected chi connectivity index (χ0v) is 12.9. The molecular formula is C16H29NO3. The summed E-state index contributed by atoms with van der Waals surface area (Å²) in [7, 11) is 0. The largest absolute Gasteiger partial charge is 0.481 e. The molecule has 4 nitrogen and oxygen atoms in total. The van der Waals surface area contributed by atoms with Gasteiger partial charge < -0.3 is 9.84 Å². The summed E-state index contributed by atoms with van der Waals surface area (Å²) in [4.78, 5) is 13.3. The van der Waals surface area contributed by atoms with E-state index in [1.807, 2.05) is 6.92 Å². The van der Waals surface area contributed by atoms with Gasteiger partial charge in [0, 0.05) is 18.7 Å². The number of carbonyl (C=O) groups is 1. The van der Waals surface area contributed by atoms with Crippen LogP contribution in [-0.4, -0.2) is 46.8 Å². The van der Waals surface area contributed by atoms with Crippen molar-refractivity contribution in [3.05, 3.63) is 0 Å². The Hall–Kier alpha value is -0.610. The van der Waals surface area contributed by atoms with E-state index in [9.17, 15) is 4.79 Å². The van der Waals surface area contributed by atoms with Gasteiger partial charge >= 0.3 is 5.97 Å². The van der Waals surface area contributed by atoms with Crippen LogP contribution in [0.3, 0.4) is 0 Å². The molecule has 4 heteroatoms. The molecule has 1 saturated heterocycles. The molecule has 0 amide bonds. The maximum Gasteiger partial charge on any atom is 0.304 e. The third-order valence-electron chi connectivity index (χ3n) is 5.10. The molecule has 1 aliphatic carbocycles. The van der Waals surface area contributed by atoms with Gasteiger partial charge in [0.25, 0.3) is 0 Å². The third-order valence-corrected chi connectivity index (χ3v) is 5.10. The van der Waals surface area contributed by atoms with Gasteiger partial charge in [0.2, 0.25) is 0 Å². The molecule has 2 fully saturated rings. The summed E-state index contributed by atoms with van der Waals surface area (Å²) in [5.41, 5.74) is 0.0948. The van der Waals surface area contributed by atoms with Gasteiger partial charge in [-0.3, -0.25) is 9.69 Å². The molecule has 1 aliphatic heterocycles. The van der Waals surface area contributed by atoms with Crippen molar-refractivity contribution in [1.29, 1.82) is 0 Å². The number of aliphatic carboxylic acids is 1. The lowest BCUT2D eigenvalue weighted by Gasteiger charge is -2.47.